The lowest BCUT2D eigenvalue weighted by Gasteiger charge is -2.13. The van der Waals surface area contributed by atoms with Gasteiger partial charge < -0.3 is 10.1 Å². The lowest BCUT2D eigenvalue weighted by molar-refractivity contribution is 0.0966. The van der Waals surface area contributed by atoms with Crippen LogP contribution in [0, 0.1) is 29.1 Å². The van der Waals surface area contributed by atoms with E-state index in [1.807, 2.05) is 5.32 Å². The number of hydrogen-bond donors (Lipinski definition) is 2. The third kappa shape index (κ3) is 3.86. The number of amides is 1. The highest BCUT2D eigenvalue weighted by molar-refractivity contribution is 7.80. The summed E-state index contributed by atoms with van der Waals surface area (Å²) in [6.45, 7) is 0. The molecule has 0 aliphatic rings. The fourth-order valence-electron chi connectivity index (χ4n) is 1.89. The third-order valence-electron chi connectivity index (χ3n) is 3.06. The highest BCUT2D eigenvalue weighted by Crippen LogP contribution is 2.29. The van der Waals surface area contributed by atoms with E-state index in [9.17, 15) is 26.7 Å². The number of rotatable bonds is 3. The lowest BCUT2D eigenvalue weighted by Crippen LogP contribution is -2.35. The van der Waals surface area contributed by atoms with Crippen LogP contribution in [0.5, 0.6) is 5.75 Å². The van der Waals surface area contributed by atoms with Crippen molar-refractivity contribution in [1.82, 2.24) is 5.32 Å². The van der Waals surface area contributed by atoms with Gasteiger partial charge in [-0.05, 0) is 30.4 Å². The number of nitrogens with one attached hydrogen (secondary N) is 2. The number of thiocarbonyl (C=S) groups is 1. The first-order chi connectivity index (χ1) is 12.2. The number of hydrogen-bond acceptors (Lipinski definition) is 3. The number of carbonyl (C=O) groups is 1. The first kappa shape index (κ1) is 19.9. The highest BCUT2D eigenvalue weighted by Gasteiger charge is 2.30. The molecule has 26 heavy (non-hydrogen) atoms. The van der Waals surface area contributed by atoms with Gasteiger partial charge in [-0.15, -0.1) is 0 Å². The molecule has 0 aliphatic heterocycles. The maximum Gasteiger partial charge on any atom is 0.263 e. The molecule has 0 saturated heterocycles. The number of methoxy groups -OCH3 is 1. The van der Waals surface area contributed by atoms with E-state index in [2.05, 4.69) is 10.1 Å². The van der Waals surface area contributed by atoms with E-state index in [4.69, 9.17) is 23.8 Å². The van der Waals surface area contributed by atoms with E-state index in [0.717, 1.165) is 19.2 Å². The lowest BCUT2D eigenvalue weighted by atomic mass is 10.1. The van der Waals surface area contributed by atoms with Crippen LogP contribution in [0.2, 0.25) is 5.02 Å². The maximum atomic E-state index is 13.9. The van der Waals surface area contributed by atoms with Crippen LogP contribution in [0.15, 0.2) is 18.2 Å². The molecule has 2 aromatic rings. The Hall–Kier alpha value is -2.46. The highest BCUT2D eigenvalue weighted by atomic mass is 35.5. The SMILES string of the molecule is COc1c(F)c(F)c(C(=O)NC(=S)Nc2ccc(F)c(Cl)c2)c(F)c1F. The van der Waals surface area contributed by atoms with Crippen LogP contribution in [0.3, 0.4) is 0 Å². The van der Waals surface area contributed by atoms with Crippen molar-refractivity contribution >= 4 is 40.5 Å². The summed E-state index contributed by atoms with van der Waals surface area (Å²) in [7, 11) is 0.799. The molecule has 1 amide bonds. The first-order valence-electron chi connectivity index (χ1n) is 6.64. The van der Waals surface area contributed by atoms with E-state index in [-0.39, 0.29) is 10.7 Å². The van der Waals surface area contributed by atoms with Gasteiger partial charge in [-0.1, -0.05) is 11.6 Å². The molecule has 0 fully saturated rings. The van der Waals surface area contributed by atoms with E-state index in [0.29, 0.717) is 0 Å². The van der Waals surface area contributed by atoms with Crippen molar-refractivity contribution in [1.29, 1.82) is 0 Å². The minimum atomic E-state index is -1.95. The van der Waals surface area contributed by atoms with Gasteiger partial charge in [0.15, 0.2) is 22.5 Å². The van der Waals surface area contributed by atoms with Crippen molar-refractivity contribution < 1.29 is 31.5 Å². The number of ether oxygens (including phenoxy) is 1. The minimum absolute atomic E-state index is 0.148. The Morgan fingerprint density at radius 2 is 1.65 bits per heavy atom. The van der Waals surface area contributed by atoms with Crippen LogP contribution >= 0.6 is 23.8 Å². The van der Waals surface area contributed by atoms with Gasteiger partial charge in [-0.2, -0.15) is 8.78 Å². The Bertz CT molecular complexity index is 881. The molecule has 4 nitrogen and oxygen atoms in total. The van der Waals surface area contributed by atoms with Crippen LogP contribution in [0.4, 0.5) is 27.6 Å². The molecule has 138 valence electrons. The molecule has 0 heterocycles. The Kier molecular flexibility index (Phi) is 5.98. The predicted octanol–water partition coefficient (Wildman–Crippen LogP) is 4.17. The van der Waals surface area contributed by atoms with E-state index in [1.165, 1.54) is 6.07 Å². The molecule has 2 N–H and O–H groups in total. The van der Waals surface area contributed by atoms with Crippen LogP contribution in [-0.4, -0.2) is 18.1 Å². The van der Waals surface area contributed by atoms with Gasteiger partial charge in [0, 0.05) is 5.69 Å². The molecule has 0 saturated carbocycles. The van der Waals surface area contributed by atoms with Crippen LogP contribution < -0.4 is 15.4 Å². The average Bonchev–Trinajstić information content (AvgIpc) is 2.57. The zero-order valence-electron chi connectivity index (χ0n) is 12.7. The Balaban J connectivity index is 2.24. The van der Waals surface area contributed by atoms with Crippen molar-refractivity contribution in [3.05, 3.63) is 57.9 Å². The third-order valence-corrected chi connectivity index (χ3v) is 3.55. The smallest absolute Gasteiger partial charge is 0.263 e. The summed E-state index contributed by atoms with van der Waals surface area (Å²) in [4.78, 5) is 11.9. The summed E-state index contributed by atoms with van der Waals surface area (Å²) in [5.74, 6) is -11.2. The summed E-state index contributed by atoms with van der Waals surface area (Å²) < 4.78 is 72.3. The van der Waals surface area contributed by atoms with Gasteiger partial charge in [-0.3, -0.25) is 10.1 Å². The average molecular weight is 411 g/mol. The van der Waals surface area contributed by atoms with Crippen LogP contribution in [0.1, 0.15) is 10.4 Å². The zero-order chi connectivity index (χ0) is 19.6. The Labute approximate surface area is 153 Å². The van der Waals surface area contributed by atoms with Crippen molar-refractivity contribution in [3.63, 3.8) is 0 Å². The molecule has 0 unspecified atom stereocenters. The summed E-state index contributed by atoms with van der Waals surface area (Å²) in [5, 5.41) is 3.51. The first-order valence-corrected chi connectivity index (χ1v) is 7.43. The second kappa shape index (κ2) is 7.83. The Morgan fingerprint density at radius 3 is 2.15 bits per heavy atom. The molecule has 0 aromatic heterocycles. The summed E-state index contributed by atoms with van der Waals surface area (Å²) >= 11 is 10.3. The van der Waals surface area contributed by atoms with Gasteiger partial charge >= 0.3 is 0 Å². The van der Waals surface area contributed by atoms with Crippen molar-refractivity contribution in [2.45, 2.75) is 0 Å². The van der Waals surface area contributed by atoms with Crippen molar-refractivity contribution in [2.24, 2.45) is 0 Å². The zero-order valence-corrected chi connectivity index (χ0v) is 14.3. The van der Waals surface area contributed by atoms with Gasteiger partial charge in [0.1, 0.15) is 11.4 Å². The van der Waals surface area contributed by atoms with Crippen LogP contribution in [0.25, 0.3) is 0 Å². The van der Waals surface area contributed by atoms with E-state index >= 15 is 0 Å². The molecular weight excluding hydrogens is 403 g/mol. The van der Waals surface area contributed by atoms with E-state index in [1.54, 1.807) is 0 Å². The summed E-state index contributed by atoms with van der Waals surface area (Å²) in [5.41, 5.74) is -1.38. The van der Waals surface area contributed by atoms with Crippen molar-refractivity contribution in [2.75, 3.05) is 12.4 Å². The number of benzene rings is 2. The fourth-order valence-corrected chi connectivity index (χ4v) is 2.28. The molecule has 0 bridgehead atoms. The molecule has 0 radical (unpaired) electrons. The van der Waals surface area contributed by atoms with Gasteiger partial charge in [0.25, 0.3) is 5.91 Å². The Morgan fingerprint density at radius 1 is 1.08 bits per heavy atom. The molecule has 0 aliphatic carbocycles. The topological polar surface area (TPSA) is 50.4 Å². The molecule has 2 aromatic carbocycles. The molecule has 0 atom stereocenters. The quantitative estimate of drug-likeness (QED) is 0.453. The molecule has 2 rings (SSSR count). The molecular formula is C15H8ClF5N2O2S. The minimum Gasteiger partial charge on any atom is -0.491 e. The number of carbonyl (C=O) groups excluding carboxylic acids is 1. The largest absolute Gasteiger partial charge is 0.491 e. The second-order valence-electron chi connectivity index (χ2n) is 4.70. The second-order valence-corrected chi connectivity index (χ2v) is 5.52. The van der Waals surface area contributed by atoms with Gasteiger partial charge in [-0.25, -0.2) is 13.2 Å². The van der Waals surface area contributed by atoms with Crippen molar-refractivity contribution in [3.8, 4) is 5.75 Å². The predicted molar refractivity (Wildman–Crippen MR) is 87.9 cm³/mol. The van der Waals surface area contributed by atoms with Gasteiger partial charge in [0.2, 0.25) is 11.6 Å². The summed E-state index contributed by atoms with van der Waals surface area (Å²) in [6, 6.07) is 3.35. The van der Waals surface area contributed by atoms with Crippen LogP contribution in [-0.2, 0) is 0 Å². The fraction of sp³-hybridized carbons (Fsp3) is 0.0667. The van der Waals surface area contributed by atoms with Gasteiger partial charge in [0.05, 0.1) is 12.1 Å². The molecule has 0 spiro atoms. The number of anilines is 1. The number of halogens is 6. The normalized spacial score (nSPS) is 10.4. The summed E-state index contributed by atoms with van der Waals surface area (Å²) in [6.07, 6.45) is 0. The standard InChI is InChI=1S/C15H8ClF5N2O2S/c1-25-13-11(20)9(18)8(10(19)12(13)21)14(24)23-15(26)22-5-2-3-7(17)6(16)4-5/h2-4H,1H3,(H2,22,23,24,26). The van der Waals surface area contributed by atoms with E-state index < -0.39 is 51.4 Å². The monoisotopic (exact) mass is 410 g/mol. The maximum absolute atomic E-state index is 13.9. The molecule has 11 heteroatoms.